The molecule has 0 aliphatic heterocycles. The van der Waals surface area contributed by atoms with Crippen LogP contribution >= 0.6 is 0 Å². The van der Waals surface area contributed by atoms with Crippen molar-refractivity contribution in [3.8, 4) is 12.3 Å². The summed E-state index contributed by atoms with van der Waals surface area (Å²) in [7, 11) is 0. The smallest absolute Gasteiger partial charge is 0.136 e. The first-order valence-corrected chi connectivity index (χ1v) is 4.45. The fourth-order valence-corrected chi connectivity index (χ4v) is 1.54. The summed E-state index contributed by atoms with van der Waals surface area (Å²) < 4.78 is 14.6. The van der Waals surface area contributed by atoms with Crippen LogP contribution in [0.4, 0.5) is 4.39 Å². The Morgan fingerprint density at radius 1 is 1.53 bits per heavy atom. The molecular weight excluding hydrogens is 195 g/mol. The predicted octanol–water partition coefficient (Wildman–Crippen LogP) is 1.30. The Morgan fingerprint density at radius 2 is 2.33 bits per heavy atom. The van der Waals surface area contributed by atoms with E-state index in [1.807, 2.05) is 0 Å². The van der Waals surface area contributed by atoms with Crippen LogP contribution in [0.3, 0.4) is 0 Å². The minimum absolute atomic E-state index is 0.210. The molecule has 0 atom stereocenters. The summed E-state index contributed by atoms with van der Waals surface area (Å²) in [6, 6.07) is 4.27. The largest absolute Gasteiger partial charge is 0.388 e. The number of imidazole rings is 1. The first-order chi connectivity index (χ1) is 7.26. The molecule has 0 bridgehead atoms. The maximum Gasteiger partial charge on any atom is 0.136 e. The van der Waals surface area contributed by atoms with Gasteiger partial charge in [-0.2, -0.15) is 0 Å². The second-order valence-corrected chi connectivity index (χ2v) is 3.11. The maximum absolute atomic E-state index is 12.9. The Labute approximate surface area is 86.2 Å². The van der Waals surface area contributed by atoms with Crippen LogP contribution in [0.25, 0.3) is 11.0 Å². The SMILES string of the molecule is C#CCn1c(CO)nc2cc(F)ccc21. The fourth-order valence-electron chi connectivity index (χ4n) is 1.54. The lowest BCUT2D eigenvalue weighted by molar-refractivity contribution is 0.267. The van der Waals surface area contributed by atoms with Crippen LogP contribution in [-0.2, 0) is 13.2 Å². The Bertz CT molecular complexity index is 539. The van der Waals surface area contributed by atoms with Crippen molar-refractivity contribution in [3.63, 3.8) is 0 Å². The van der Waals surface area contributed by atoms with E-state index in [-0.39, 0.29) is 12.4 Å². The van der Waals surface area contributed by atoms with Crippen molar-refractivity contribution in [2.45, 2.75) is 13.2 Å². The first kappa shape index (κ1) is 9.69. The quantitative estimate of drug-likeness (QED) is 0.749. The van der Waals surface area contributed by atoms with Crippen LogP contribution < -0.4 is 0 Å². The zero-order chi connectivity index (χ0) is 10.8. The van der Waals surface area contributed by atoms with Gasteiger partial charge >= 0.3 is 0 Å². The molecule has 2 rings (SSSR count). The topological polar surface area (TPSA) is 38.0 Å². The highest BCUT2D eigenvalue weighted by Crippen LogP contribution is 2.17. The van der Waals surface area contributed by atoms with Gasteiger partial charge in [0, 0.05) is 6.07 Å². The molecule has 0 saturated carbocycles. The summed E-state index contributed by atoms with van der Waals surface area (Å²) in [5.41, 5.74) is 1.24. The van der Waals surface area contributed by atoms with Gasteiger partial charge < -0.3 is 9.67 Å². The van der Waals surface area contributed by atoms with Crippen LogP contribution in [-0.4, -0.2) is 14.7 Å². The Balaban J connectivity index is 2.70. The van der Waals surface area contributed by atoms with Gasteiger partial charge in [0.1, 0.15) is 18.2 Å². The van der Waals surface area contributed by atoms with Crippen LogP contribution in [0.5, 0.6) is 0 Å². The molecule has 0 saturated heterocycles. The molecule has 1 aromatic carbocycles. The van der Waals surface area contributed by atoms with E-state index in [4.69, 9.17) is 11.5 Å². The highest BCUT2D eigenvalue weighted by atomic mass is 19.1. The van der Waals surface area contributed by atoms with Crippen molar-refractivity contribution in [1.82, 2.24) is 9.55 Å². The zero-order valence-corrected chi connectivity index (χ0v) is 7.94. The molecular formula is C11H9FN2O. The zero-order valence-electron chi connectivity index (χ0n) is 7.94. The number of terminal acetylenes is 1. The van der Waals surface area contributed by atoms with E-state index in [1.165, 1.54) is 12.1 Å². The van der Waals surface area contributed by atoms with Gasteiger partial charge in [0.25, 0.3) is 0 Å². The number of aliphatic hydroxyl groups excluding tert-OH is 1. The molecule has 3 nitrogen and oxygen atoms in total. The van der Waals surface area contributed by atoms with Crippen molar-refractivity contribution in [3.05, 3.63) is 29.8 Å². The van der Waals surface area contributed by atoms with Gasteiger partial charge in [-0.15, -0.1) is 6.42 Å². The summed E-state index contributed by atoms with van der Waals surface area (Å²) in [6.07, 6.45) is 5.21. The van der Waals surface area contributed by atoms with Crippen molar-refractivity contribution in [2.24, 2.45) is 0 Å². The summed E-state index contributed by atoms with van der Waals surface area (Å²) >= 11 is 0. The number of hydrogen-bond acceptors (Lipinski definition) is 2. The summed E-state index contributed by atoms with van der Waals surface area (Å²) in [5, 5.41) is 9.07. The lowest BCUT2D eigenvalue weighted by Gasteiger charge is -2.01. The average molecular weight is 204 g/mol. The van der Waals surface area contributed by atoms with Crippen LogP contribution in [0.2, 0.25) is 0 Å². The predicted molar refractivity (Wildman–Crippen MR) is 54.4 cm³/mol. The van der Waals surface area contributed by atoms with Crippen molar-refractivity contribution >= 4 is 11.0 Å². The number of halogens is 1. The van der Waals surface area contributed by atoms with E-state index in [1.54, 1.807) is 10.6 Å². The van der Waals surface area contributed by atoms with E-state index >= 15 is 0 Å². The molecule has 0 unspecified atom stereocenters. The molecule has 0 aliphatic rings. The van der Waals surface area contributed by atoms with Gasteiger partial charge in [0.05, 0.1) is 17.6 Å². The normalized spacial score (nSPS) is 10.5. The summed E-state index contributed by atoms with van der Waals surface area (Å²) in [6.45, 7) is 0.107. The highest BCUT2D eigenvalue weighted by molar-refractivity contribution is 5.76. The van der Waals surface area contributed by atoms with E-state index < -0.39 is 0 Å². The van der Waals surface area contributed by atoms with Gasteiger partial charge in [-0.3, -0.25) is 0 Å². The number of aromatic nitrogens is 2. The lowest BCUT2D eigenvalue weighted by Crippen LogP contribution is -2.02. The molecule has 15 heavy (non-hydrogen) atoms. The van der Waals surface area contributed by atoms with Gasteiger partial charge in [0.15, 0.2) is 0 Å². The van der Waals surface area contributed by atoms with E-state index in [0.717, 1.165) is 5.52 Å². The second kappa shape index (κ2) is 3.71. The van der Waals surface area contributed by atoms with E-state index in [9.17, 15) is 4.39 Å². The molecule has 0 fully saturated rings. The number of rotatable bonds is 2. The van der Waals surface area contributed by atoms with E-state index in [0.29, 0.717) is 17.9 Å². The second-order valence-electron chi connectivity index (χ2n) is 3.11. The lowest BCUT2D eigenvalue weighted by atomic mass is 10.3. The van der Waals surface area contributed by atoms with Crippen LogP contribution in [0, 0.1) is 18.2 Å². The van der Waals surface area contributed by atoms with E-state index in [2.05, 4.69) is 10.9 Å². The minimum atomic E-state index is -0.350. The standard InChI is InChI=1S/C11H9FN2O/c1-2-5-14-10-4-3-8(12)6-9(10)13-11(14)7-15/h1,3-4,6,15H,5,7H2. The number of aliphatic hydroxyl groups is 1. The monoisotopic (exact) mass is 204 g/mol. The van der Waals surface area contributed by atoms with Crippen molar-refractivity contribution < 1.29 is 9.50 Å². The van der Waals surface area contributed by atoms with Crippen LogP contribution in [0.1, 0.15) is 5.82 Å². The molecule has 2 aromatic rings. The maximum atomic E-state index is 12.9. The number of fused-ring (bicyclic) bond motifs is 1. The highest BCUT2D eigenvalue weighted by Gasteiger charge is 2.09. The van der Waals surface area contributed by atoms with Crippen LogP contribution in [0.15, 0.2) is 18.2 Å². The third-order valence-corrected chi connectivity index (χ3v) is 2.18. The van der Waals surface area contributed by atoms with Gasteiger partial charge in [-0.1, -0.05) is 5.92 Å². The molecule has 1 aromatic heterocycles. The van der Waals surface area contributed by atoms with Gasteiger partial charge in [-0.25, -0.2) is 9.37 Å². The number of hydrogen-bond donors (Lipinski definition) is 1. The summed E-state index contributed by atoms with van der Waals surface area (Å²) in [4.78, 5) is 4.09. The fraction of sp³-hybridized carbons (Fsp3) is 0.182. The number of nitrogens with zero attached hydrogens (tertiary/aromatic N) is 2. The Kier molecular flexibility index (Phi) is 2.40. The molecule has 0 aliphatic carbocycles. The third-order valence-electron chi connectivity index (χ3n) is 2.18. The molecule has 0 spiro atoms. The molecule has 76 valence electrons. The first-order valence-electron chi connectivity index (χ1n) is 4.45. The Morgan fingerprint density at radius 3 is 3.00 bits per heavy atom. The average Bonchev–Trinajstić information content (AvgIpc) is 2.56. The third kappa shape index (κ3) is 1.58. The molecule has 1 N–H and O–H groups in total. The van der Waals surface area contributed by atoms with Gasteiger partial charge in [0.2, 0.25) is 0 Å². The minimum Gasteiger partial charge on any atom is -0.388 e. The van der Waals surface area contributed by atoms with Crippen molar-refractivity contribution in [1.29, 1.82) is 0 Å². The molecule has 0 amide bonds. The summed E-state index contributed by atoms with van der Waals surface area (Å²) in [5.74, 6) is 2.57. The van der Waals surface area contributed by atoms with Gasteiger partial charge in [-0.05, 0) is 12.1 Å². The van der Waals surface area contributed by atoms with Crippen molar-refractivity contribution in [2.75, 3.05) is 0 Å². The molecule has 4 heteroatoms. The molecule has 1 heterocycles. The Hall–Kier alpha value is -1.86. The molecule has 0 radical (unpaired) electrons. The number of benzene rings is 1.